The van der Waals surface area contributed by atoms with E-state index < -0.39 is 0 Å². The lowest BCUT2D eigenvalue weighted by Gasteiger charge is -2.23. The summed E-state index contributed by atoms with van der Waals surface area (Å²) in [6.07, 6.45) is 7.83. The summed E-state index contributed by atoms with van der Waals surface area (Å²) in [5.41, 5.74) is 3.79. The third-order valence-corrected chi connectivity index (χ3v) is 7.08. The van der Waals surface area contributed by atoms with Gasteiger partial charge in [0.1, 0.15) is 0 Å². The minimum absolute atomic E-state index is 0.153. The van der Waals surface area contributed by atoms with Crippen LogP contribution in [0.4, 0.5) is 5.00 Å². The monoisotopic (exact) mass is 364 g/mol. The highest BCUT2D eigenvalue weighted by Gasteiger charge is 2.29. The van der Waals surface area contributed by atoms with Crippen LogP contribution in [0, 0.1) is 17.2 Å². The minimum Gasteiger partial charge on any atom is -0.317 e. The molecule has 134 valence electrons. The molecule has 2 aliphatic carbocycles. The molecule has 0 radical (unpaired) electrons. The number of rotatable bonds is 4. The minimum atomic E-state index is 0.153. The zero-order valence-corrected chi connectivity index (χ0v) is 15.8. The molecule has 1 aromatic heterocycles. The average molecular weight is 365 g/mol. The van der Waals surface area contributed by atoms with Crippen molar-refractivity contribution in [2.75, 3.05) is 5.32 Å². The molecule has 1 unspecified atom stereocenters. The molecule has 2 aromatic rings. The SMILES string of the molecule is N#CCc1c(NC(=O)C2CCCC2)sc2c1CCC(c1ccccc1)C2. The Morgan fingerprint density at radius 3 is 2.69 bits per heavy atom. The number of nitriles is 1. The number of nitrogens with zero attached hydrogens (tertiary/aromatic N) is 1. The fourth-order valence-electron chi connectivity index (χ4n) is 4.43. The van der Waals surface area contributed by atoms with Gasteiger partial charge in [0.15, 0.2) is 0 Å². The Kier molecular flexibility index (Phi) is 5.08. The predicted octanol–water partition coefficient (Wildman–Crippen LogP) is 5.22. The Labute approximate surface area is 159 Å². The summed E-state index contributed by atoms with van der Waals surface area (Å²) in [5.74, 6) is 0.844. The predicted molar refractivity (Wildman–Crippen MR) is 105 cm³/mol. The lowest BCUT2D eigenvalue weighted by molar-refractivity contribution is -0.119. The number of amides is 1. The molecule has 1 amide bonds. The number of carbonyl (C=O) groups is 1. The van der Waals surface area contributed by atoms with Crippen LogP contribution in [0.3, 0.4) is 0 Å². The maximum absolute atomic E-state index is 12.6. The molecule has 1 aromatic carbocycles. The van der Waals surface area contributed by atoms with Crippen molar-refractivity contribution in [3.8, 4) is 6.07 Å². The summed E-state index contributed by atoms with van der Waals surface area (Å²) in [6, 6.07) is 13.0. The van der Waals surface area contributed by atoms with Gasteiger partial charge in [0.05, 0.1) is 17.5 Å². The zero-order valence-electron chi connectivity index (χ0n) is 15.0. The molecule has 2 aliphatic rings. The normalized spacial score (nSPS) is 19.7. The largest absolute Gasteiger partial charge is 0.317 e. The van der Waals surface area contributed by atoms with Crippen LogP contribution < -0.4 is 5.32 Å². The molecule has 0 aliphatic heterocycles. The van der Waals surface area contributed by atoms with E-state index in [0.29, 0.717) is 12.3 Å². The van der Waals surface area contributed by atoms with Crippen molar-refractivity contribution in [3.05, 3.63) is 51.9 Å². The number of anilines is 1. The standard InChI is InChI=1S/C22H24N2OS/c23-13-12-19-18-11-10-17(15-6-2-1-3-7-15)14-20(18)26-22(19)24-21(25)16-8-4-5-9-16/h1-3,6-7,16-17H,4-5,8-12,14H2,(H,24,25). The van der Waals surface area contributed by atoms with Crippen molar-refractivity contribution in [1.82, 2.24) is 0 Å². The molecular weight excluding hydrogens is 340 g/mol. The van der Waals surface area contributed by atoms with E-state index in [4.69, 9.17) is 0 Å². The number of fused-ring (bicyclic) bond motifs is 1. The Balaban J connectivity index is 1.58. The number of carbonyl (C=O) groups excluding carboxylic acids is 1. The van der Waals surface area contributed by atoms with Crippen LogP contribution >= 0.6 is 11.3 Å². The van der Waals surface area contributed by atoms with E-state index >= 15 is 0 Å². The maximum atomic E-state index is 12.6. The molecule has 1 atom stereocenters. The van der Waals surface area contributed by atoms with E-state index in [0.717, 1.165) is 55.5 Å². The average Bonchev–Trinajstić information content (AvgIpc) is 3.31. The van der Waals surface area contributed by atoms with Gasteiger partial charge in [-0.15, -0.1) is 11.3 Å². The molecule has 0 saturated heterocycles. The lowest BCUT2D eigenvalue weighted by atomic mass is 9.82. The number of hydrogen-bond acceptors (Lipinski definition) is 3. The Hall–Kier alpha value is -2.12. The van der Waals surface area contributed by atoms with Crippen LogP contribution in [-0.2, 0) is 24.1 Å². The van der Waals surface area contributed by atoms with E-state index in [9.17, 15) is 10.1 Å². The first-order chi connectivity index (χ1) is 12.8. The molecule has 0 bridgehead atoms. The summed E-state index contributed by atoms with van der Waals surface area (Å²) >= 11 is 1.70. The van der Waals surface area contributed by atoms with Gasteiger partial charge in [0.25, 0.3) is 0 Å². The van der Waals surface area contributed by atoms with Crippen molar-refractivity contribution in [1.29, 1.82) is 5.26 Å². The van der Waals surface area contributed by atoms with E-state index in [1.165, 1.54) is 16.0 Å². The van der Waals surface area contributed by atoms with Crippen molar-refractivity contribution < 1.29 is 4.79 Å². The zero-order chi connectivity index (χ0) is 17.9. The van der Waals surface area contributed by atoms with Gasteiger partial charge in [-0.25, -0.2) is 0 Å². The summed E-state index contributed by atoms with van der Waals surface area (Å²) in [7, 11) is 0. The summed E-state index contributed by atoms with van der Waals surface area (Å²) in [6.45, 7) is 0. The van der Waals surface area contributed by atoms with Crippen molar-refractivity contribution >= 4 is 22.2 Å². The smallest absolute Gasteiger partial charge is 0.228 e. The molecule has 1 heterocycles. The highest BCUT2D eigenvalue weighted by molar-refractivity contribution is 7.16. The third-order valence-electron chi connectivity index (χ3n) is 5.86. The van der Waals surface area contributed by atoms with Gasteiger partial charge < -0.3 is 5.32 Å². The van der Waals surface area contributed by atoms with Crippen molar-refractivity contribution in [3.63, 3.8) is 0 Å². The van der Waals surface area contributed by atoms with Gasteiger partial charge >= 0.3 is 0 Å². The topological polar surface area (TPSA) is 52.9 Å². The van der Waals surface area contributed by atoms with Crippen LogP contribution in [0.25, 0.3) is 0 Å². The maximum Gasteiger partial charge on any atom is 0.228 e. The van der Waals surface area contributed by atoms with E-state index in [1.54, 1.807) is 11.3 Å². The number of hydrogen-bond donors (Lipinski definition) is 1. The Bertz CT molecular complexity index is 828. The number of nitrogens with one attached hydrogen (secondary N) is 1. The van der Waals surface area contributed by atoms with Crippen molar-refractivity contribution in [2.45, 2.75) is 57.3 Å². The molecule has 26 heavy (non-hydrogen) atoms. The molecule has 1 N–H and O–H groups in total. The Morgan fingerprint density at radius 2 is 1.96 bits per heavy atom. The molecule has 0 spiro atoms. The van der Waals surface area contributed by atoms with Gasteiger partial charge in [0, 0.05) is 16.4 Å². The number of benzene rings is 1. The van der Waals surface area contributed by atoms with Gasteiger partial charge in [-0.3, -0.25) is 4.79 Å². The molecule has 1 saturated carbocycles. The quantitative estimate of drug-likeness (QED) is 0.809. The van der Waals surface area contributed by atoms with Crippen LogP contribution in [0.1, 0.15) is 59.6 Å². The highest BCUT2D eigenvalue weighted by Crippen LogP contribution is 2.43. The van der Waals surface area contributed by atoms with Crippen molar-refractivity contribution in [2.24, 2.45) is 5.92 Å². The van der Waals surface area contributed by atoms with Gasteiger partial charge in [0.2, 0.25) is 5.91 Å². The van der Waals surface area contributed by atoms with Crippen LogP contribution in [-0.4, -0.2) is 5.91 Å². The lowest BCUT2D eigenvalue weighted by Crippen LogP contribution is -2.20. The van der Waals surface area contributed by atoms with Crippen LogP contribution in [0.5, 0.6) is 0 Å². The first-order valence-corrected chi connectivity index (χ1v) is 10.4. The second kappa shape index (κ2) is 7.63. The van der Waals surface area contributed by atoms with Gasteiger partial charge in [-0.2, -0.15) is 5.26 Å². The fourth-order valence-corrected chi connectivity index (χ4v) is 5.78. The van der Waals surface area contributed by atoms with E-state index in [2.05, 4.69) is 41.7 Å². The molecular formula is C22H24N2OS. The molecule has 4 rings (SSSR count). The highest BCUT2D eigenvalue weighted by atomic mass is 32.1. The number of thiophene rings is 1. The summed E-state index contributed by atoms with van der Waals surface area (Å²) in [5, 5.41) is 13.4. The molecule has 4 heteroatoms. The molecule has 3 nitrogen and oxygen atoms in total. The first-order valence-electron chi connectivity index (χ1n) is 9.62. The van der Waals surface area contributed by atoms with E-state index in [-0.39, 0.29) is 11.8 Å². The fraction of sp³-hybridized carbons (Fsp3) is 0.455. The summed E-state index contributed by atoms with van der Waals surface area (Å²) < 4.78 is 0. The summed E-state index contributed by atoms with van der Waals surface area (Å²) in [4.78, 5) is 13.9. The second-order valence-electron chi connectivity index (χ2n) is 7.47. The second-order valence-corrected chi connectivity index (χ2v) is 8.57. The molecule has 1 fully saturated rings. The van der Waals surface area contributed by atoms with Crippen LogP contribution in [0.15, 0.2) is 30.3 Å². The first kappa shape index (κ1) is 17.3. The Morgan fingerprint density at radius 1 is 1.19 bits per heavy atom. The van der Waals surface area contributed by atoms with Gasteiger partial charge in [-0.05, 0) is 49.1 Å². The third kappa shape index (κ3) is 3.41. The van der Waals surface area contributed by atoms with Crippen LogP contribution in [0.2, 0.25) is 0 Å². The van der Waals surface area contributed by atoms with E-state index in [1.807, 2.05) is 0 Å². The van der Waals surface area contributed by atoms with Gasteiger partial charge in [-0.1, -0.05) is 43.2 Å².